The van der Waals surface area contributed by atoms with E-state index in [1.807, 2.05) is 24.3 Å². The van der Waals surface area contributed by atoms with E-state index in [2.05, 4.69) is 19.2 Å². The lowest BCUT2D eigenvalue weighted by atomic mass is 10.0. The molecule has 2 aromatic carbocycles. The van der Waals surface area contributed by atoms with Gasteiger partial charge in [-0.3, -0.25) is 9.10 Å². The third-order valence-corrected chi connectivity index (χ3v) is 6.24. The summed E-state index contributed by atoms with van der Waals surface area (Å²) in [6.45, 7) is 6.55. The van der Waals surface area contributed by atoms with E-state index < -0.39 is 10.0 Å². The molecule has 0 saturated heterocycles. The Kier molecular flexibility index (Phi) is 7.45. The Bertz CT molecular complexity index is 893. The molecular formula is C21H28N2O4S. The number of para-hydroxylation sites is 1. The first-order chi connectivity index (χ1) is 13.3. The van der Waals surface area contributed by atoms with Gasteiger partial charge in [-0.25, -0.2) is 8.42 Å². The fraction of sp³-hybridized carbons (Fsp3) is 0.381. The predicted octanol–water partition coefficient (Wildman–Crippen LogP) is 3.40. The zero-order valence-corrected chi connectivity index (χ0v) is 17.6. The summed E-state index contributed by atoms with van der Waals surface area (Å²) < 4.78 is 30.8. The number of carbonyl (C=O) groups is 1. The minimum atomic E-state index is -3.32. The Morgan fingerprint density at radius 2 is 1.75 bits per heavy atom. The van der Waals surface area contributed by atoms with E-state index >= 15 is 0 Å². The average Bonchev–Trinajstić information content (AvgIpc) is 2.70. The van der Waals surface area contributed by atoms with Crippen molar-refractivity contribution in [1.82, 2.24) is 5.32 Å². The molecule has 1 amide bonds. The number of nitrogens with one attached hydrogen (secondary N) is 1. The Hall–Kier alpha value is -2.54. The number of anilines is 1. The van der Waals surface area contributed by atoms with Crippen LogP contribution >= 0.6 is 0 Å². The quantitative estimate of drug-likeness (QED) is 0.650. The summed E-state index contributed by atoms with van der Waals surface area (Å²) in [7, 11) is -1.82. The van der Waals surface area contributed by atoms with Crippen molar-refractivity contribution >= 4 is 21.6 Å². The highest BCUT2D eigenvalue weighted by molar-refractivity contribution is 7.92. The Morgan fingerprint density at radius 3 is 2.36 bits per heavy atom. The summed E-state index contributed by atoms with van der Waals surface area (Å²) in [5.74, 6) is 0.981. The van der Waals surface area contributed by atoms with Crippen molar-refractivity contribution in [2.75, 3.05) is 30.3 Å². The van der Waals surface area contributed by atoms with E-state index in [1.165, 1.54) is 11.4 Å². The highest BCUT2D eigenvalue weighted by Gasteiger charge is 2.16. The van der Waals surface area contributed by atoms with Crippen molar-refractivity contribution in [3.8, 4) is 5.75 Å². The number of ether oxygens (including phenoxy) is 1. The van der Waals surface area contributed by atoms with Gasteiger partial charge in [-0.2, -0.15) is 0 Å². The van der Waals surface area contributed by atoms with E-state index in [0.29, 0.717) is 30.3 Å². The molecule has 0 spiro atoms. The molecule has 0 aliphatic heterocycles. The normalized spacial score (nSPS) is 11.3. The predicted molar refractivity (Wildman–Crippen MR) is 113 cm³/mol. The molecule has 0 saturated carbocycles. The van der Waals surface area contributed by atoms with E-state index in [-0.39, 0.29) is 11.7 Å². The van der Waals surface area contributed by atoms with Crippen LogP contribution in [0, 0.1) is 0 Å². The number of benzene rings is 2. The first kappa shape index (κ1) is 21.8. The van der Waals surface area contributed by atoms with Crippen LogP contribution in [0.5, 0.6) is 5.75 Å². The van der Waals surface area contributed by atoms with Gasteiger partial charge in [-0.15, -0.1) is 0 Å². The van der Waals surface area contributed by atoms with Crippen LogP contribution in [0.15, 0.2) is 48.5 Å². The van der Waals surface area contributed by atoms with Gasteiger partial charge in [0.15, 0.2) is 0 Å². The zero-order chi connectivity index (χ0) is 20.7. The van der Waals surface area contributed by atoms with Gasteiger partial charge in [0.25, 0.3) is 5.91 Å². The van der Waals surface area contributed by atoms with Crippen LogP contribution in [-0.4, -0.2) is 40.3 Å². The average molecular weight is 405 g/mol. The number of rotatable bonds is 9. The SMILES string of the molecule is CCS(=O)(=O)N(C)c1ccc(C(=O)NCCOc2ccccc2C(C)C)cc1. The summed E-state index contributed by atoms with van der Waals surface area (Å²) >= 11 is 0. The number of hydrogen-bond acceptors (Lipinski definition) is 4. The largest absolute Gasteiger partial charge is 0.491 e. The van der Waals surface area contributed by atoms with Crippen LogP contribution < -0.4 is 14.4 Å². The molecule has 0 fully saturated rings. The smallest absolute Gasteiger partial charge is 0.251 e. The lowest BCUT2D eigenvalue weighted by Gasteiger charge is -2.18. The molecule has 7 heteroatoms. The molecule has 2 rings (SSSR count). The zero-order valence-electron chi connectivity index (χ0n) is 16.8. The maximum atomic E-state index is 12.3. The van der Waals surface area contributed by atoms with Crippen molar-refractivity contribution in [2.24, 2.45) is 0 Å². The topological polar surface area (TPSA) is 75.7 Å². The molecule has 0 heterocycles. The van der Waals surface area contributed by atoms with Crippen LogP contribution in [0.1, 0.15) is 42.6 Å². The number of hydrogen-bond donors (Lipinski definition) is 1. The van der Waals surface area contributed by atoms with Gasteiger partial charge >= 0.3 is 0 Å². The van der Waals surface area contributed by atoms with Gasteiger partial charge in [0, 0.05) is 12.6 Å². The van der Waals surface area contributed by atoms with Gasteiger partial charge in [-0.05, 0) is 48.7 Å². The Labute approximate surface area is 167 Å². The highest BCUT2D eigenvalue weighted by atomic mass is 32.2. The highest BCUT2D eigenvalue weighted by Crippen LogP contribution is 2.25. The summed E-state index contributed by atoms with van der Waals surface area (Å²) in [6.07, 6.45) is 0. The third-order valence-electron chi connectivity index (χ3n) is 4.46. The first-order valence-corrected chi connectivity index (χ1v) is 10.9. The first-order valence-electron chi connectivity index (χ1n) is 9.33. The molecule has 0 aromatic heterocycles. The Morgan fingerprint density at radius 1 is 1.11 bits per heavy atom. The van der Waals surface area contributed by atoms with Gasteiger partial charge < -0.3 is 10.1 Å². The third kappa shape index (κ3) is 5.48. The lowest BCUT2D eigenvalue weighted by Crippen LogP contribution is -2.29. The van der Waals surface area contributed by atoms with Gasteiger partial charge in [0.05, 0.1) is 18.0 Å². The van der Waals surface area contributed by atoms with Crippen LogP contribution in [0.2, 0.25) is 0 Å². The van der Waals surface area contributed by atoms with Crippen molar-refractivity contribution in [3.05, 3.63) is 59.7 Å². The fourth-order valence-electron chi connectivity index (χ4n) is 2.69. The van der Waals surface area contributed by atoms with Crippen LogP contribution in [0.4, 0.5) is 5.69 Å². The molecular weight excluding hydrogens is 376 g/mol. The van der Waals surface area contributed by atoms with E-state index in [1.54, 1.807) is 31.2 Å². The number of nitrogens with zero attached hydrogens (tertiary/aromatic N) is 1. The summed E-state index contributed by atoms with van der Waals surface area (Å²) in [5, 5.41) is 2.81. The van der Waals surface area contributed by atoms with Crippen molar-refractivity contribution in [2.45, 2.75) is 26.7 Å². The lowest BCUT2D eigenvalue weighted by molar-refractivity contribution is 0.0947. The molecule has 0 atom stereocenters. The standard InChI is InChI=1S/C21H28N2O4S/c1-5-28(25,26)23(4)18-12-10-17(11-13-18)21(24)22-14-15-27-20-9-7-6-8-19(20)16(2)3/h6-13,16H,5,14-15H2,1-4H3,(H,22,24). The molecule has 1 N–H and O–H groups in total. The second-order valence-corrected chi connectivity index (χ2v) is 9.00. The van der Waals surface area contributed by atoms with Crippen LogP contribution in [-0.2, 0) is 10.0 Å². The molecule has 0 unspecified atom stereocenters. The second-order valence-electron chi connectivity index (χ2n) is 6.71. The molecule has 2 aromatic rings. The molecule has 0 aliphatic rings. The summed E-state index contributed by atoms with van der Waals surface area (Å²) in [6, 6.07) is 14.3. The van der Waals surface area contributed by atoms with E-state index in [0.717, 1.165) is 11.3 Å². The second kappa shape index (κ2) is 9.59. The van der Waals surface area contributed by atoms with Crippen LogP contribution in [0.25, 0.3) is 0 Å². The number of sulfonamides is 1. The van der Waals surface area contributed by atoms with Crippen molar-refractivity contribution < 1.29 is 17.9 Å². The van der Waals surface area contributed by atoms with E-state index in [9.17, 15) is 13.2 Å². The molecule has 0 radical (unpaired) electrons. The Balaban J connectivity index is 1.89. The van der Waals surface area contributed by atoms with Gasteiger partial charge in [0.2, 0.25) is 10.0 Å². The van der Waals surface area contributed by atoms with Crippen LogP contribution in [0.3, 0.4) is 0 Å². The van der Waals surface area contributed by atoms with E-state index in [4.69, 9.17) is 4.74 Å². The fourth-order valence-corrected chi connectivity index (χ4v) is 3.52. The summed E-state index contributed by atoms with van der Waals surface area (Å²) in [4.78, 5) is 12.3. The summed E-state index contributed by atoms with van der Waals surface area (Å²) in [5.41, 5.74) is 2.12. The molecule has 6 nitrogen and oxygen atoms in total. The molecule has 152 valence electrons. The van der Waals surface area contributed by atoms with Crippen molar-refractivity contribution in [1.29, 1.82) is 0 Å². The van der Waals surface area contributed by atoms with Gasteiger partial charge in [0.1, 0.15) is 12.4 Å². The minimum absolute atomic E-state index is 0.0195. The minimum Gasteiger partial charge on any atom is -0.491 e. The monoisotopic (exact) mass is 404 g/mol. The molecule has 0 bridgehead atoms. The number of carbonyl (C=O) groups excluding carboxylic acids is 1. The molecule has 28 heavy (non-hydrogen) atoms. The number of amides is 1. The van der Waals surface area contributed by atoms with Crippen molar-refractivity contribution in [3.63, 3.8) is 0 Å². The maximum Gasteiger partial charge on any atom is 0.251 e. The molecule has 0 aliphatic carbocycles. The maximum absolute atomic E-state index is 12.3. The van der Waals surface area contributed by atoms with Gasteiger partial charge in [-0.1, -0.05) is 32.0 Å².